The Labute approximate surface area is 79.8 Å². The van der Waals surface area contributed by atoms with Crippen molar-refractivity contribution in [2.75, 3.05) is 0 Å². The molecule has 0 atom stereocenters. The van der Waals surface area contributed by atoms with Crippen LogP contribution in [0.5, 0.6) is 0 Å². The van der Waals surface area contributed by atoms with E-state index in [-0.39, 0.29) is 5.82 Å². The summed E-state index contributed by atoms with van der Waals surface area (Å²) in [4.78, 5) is 0. The van der Waals surface area contributed by atoms with Crippen LogP contribution in [0, 0.1) is 12.7 Å². The lowest BCUT2D eigenvalue weighted by Gasteiger charge is -2.05. The van der Waals surface area contributed by atoms with Gasteiger partial charge in [0.25, 0.3) is 0 Å². The van der Waals surface area contributed by atoms with Crippen LogP contribution in [-0.4, -0.2) is 0 Å². The van der Waals surface area contributed by atoms with E-state index in [0.717, 1.165) is 17.5 Å². The smallest absolute Gasteiger partial charge is 0.126 e. The summed E-state index contributed by atoms with van der Waals surface area (Å²) in [6.07, 6.45) is 4.63. The zero-order valence-electron chi connectivity index (χ0n) is 8.44. The highest BCUT2D eigenvalue weighted by Crippen LogP contribution is 2.14. The molecule has 0 bridgehead atoms. The van der Waals surface area contributed by atoms with Crippen molar-refractivity contribution >= 4 is 0 Å². The van der Waals surface area contributed by atoms with Gasteiger partial charge >= 0.3 is 0 Å². The maximum Gasteiger partial charge on any atom is 0.126 e. The fourth-order valence-corrected chi connectivity index (χ4v) is 1.49. The molecule has 0 unspecified atom stereocenters. The molecule has 1 rings (SSSR count). The first-order valence-electron chi connectivity index (χ1n) is 4.99. The van der Waals surface area contributed by atoms with Gasteiger partial charge in [-0.25, -0.2) is 4.39 Å². The van der Waals surface area contributed by atoms with E-state index in [1.165, 1.54) is 25.3 Å². The van der Waals surface area contributed by atoms with Crippen LogP contribution in [0.25, 0.3) is 0 Å². The van der Waals surface area contributed by atoms with Gasteiger partial charge in [0.05, 0.1) is 0 Å². The van der Waals surface area contributed by atoms with Crippen LogP contribution in [0.3, 0.4) is 0 Å². The topological polar surface area (TPSA) is 0 Å². The number of rotatable bonds is 4. The van der Waals surface area contributed by atoms with Gasteiger partial charge in [0.1, 0.15) is 5.82 Å². The lowest BCUT2D eigenvalue weighted by Crippen LogP contribution is -1.92. The van der Waals surface area contributed by atoms with Crippen molar-refractivity contribution in [3.63, 3.8) is 0 Å². The Bertz CT molecular complexity index is 266. The number of unbranched alkanes of at least 4 members (excludes halogenated alkanes) is 2. The van der Waals surface area contributed by atoms with E-state index in [1.54, 1.807) is 6.07 Å². The van der Waals surface area contributed by atoms with Gasteiger partial charge in [0, 0.05) is 0 Å². The predicted octanol–water partition coefficient (Wildman–Crippen LogP) is 3.87. The molecule has 1 aromatic carbocycles. The summed E-state index contributed by atoms with van der Waals surface area (Å²) in [6, 6.07) is 5.34. The van der Waals surface area contributed by atoms with Crippen LogP contribution >= 0.6 is 0 Å². The molecule has 0 aliphatic heterocycles. The summed E-state index contributed by atoms with van der Waals surface area (Å²) in [5.74, 6) is -0.0750. The largest absolute Gasteiger partial charge is 0.207 e. The minimum atomic E-state index is -0.0750. The van der Waals surface area contributed by atoms with Gasteiger partial charge in [-0.3, -0.25) is 0 Å². The Hall–Kier alpha value is -0.850. The molecule has 1 heteroatoms. The maximum atomic E-state index is 13.1. The molecule has 0 radical (unpaired) electrons. The zero-order chi connectivity index (χ0) is 9.68. The third-order valence-electron chi connectivity index (χ3n) is 2.43. The Morgan fingerprint density at radius 1 is 1.23 bits per heavy atom. The van der Waals surface area contributed by atoms with Gasteiger partial charge in [0.2, 0.25) is 0 Å². The highest BCUT2D eigenvalue weighted by molar-refractivity contribution is 5.27. The quantitative estimate of drug-likeness (QED) is 0.617. The molecule has 0 aliphatic carbocycles. The second-order valence-corrected chi connectivity index (χ2v) is 3.48. The number of benzene rings is 1. The van der Waals surface area contributed by atoms with E-state index in [0.29, 0.717) is 0 Å². The second-order valence-electron chi connectivity index (χ2n) is 3.48. The number of hydrogen-bond donors (Lipinski definition) is 0. The van der Waals surface area contributed by atoms with Crippen molar-refractivity contribution in [2.24, 2.45) is 0 Å². The third-order valence-corrected chi connectivity index (χ3v) is 2.43. The van der Waals surface area contributed by atoms with Gasteiger partial charge < -0.3 is 0 Å². The molecule has 0 aliphatic rings. The lowest BCUT2D eigenvalue weighted by atomic mass is 10.0. The van der Waals surface area contributed by atoms with Crippen molar-refractivity contribution in [1.82, 2.24) is 0 Å². The maximum absolute atomic E-state index is 13.1. The van der Waals surface area contributed by atoms with Crippen LogP contribution in [0.15, 0.2) is 18.2 Å². The summed E-state index contributed by atoms with van der Waals surface area (Å²) < 4.78 is 13.1. The van der Waals surface area contributed by atoms with Gasteiger partial charge in [0.15, 0.2) is 0 Å². The monoisotopic (exact) mass is 180 g/mol. The molecule has 1 aromatic rings. The van der Waals surface area contributed by atoms with E-state index in [2.05, 4.69) is 6.92 Å². The minimum absolute atomic E-state index is 0.0750. The summed E-state index contributed by atoms with van der Waals surface area (Å²) in [7, 11) is 0. The van der Waals surface area contributed by atoms with E-state index < -0.39 is 0 Å². The first-order valence-corrected chi connectivity index (χ1v) is 4.99. The molecule has 0 heterocycles. The molecular formula is C12H17F. The second kappa shape index (κ2) is 5.00. The van der Waals surface area contributed by atoms with Gasteiger partial charge in [-0.15, -0.1) is 0 Å². The summed E-state index contributed by atoms with van der Waals surface area (Å²) in [5.41, 5.74) is 1.98. The van der Waals surface area contributed by atoms with E-state index >= 15 is 0 Å². The fourth-order valence-electron chi connectivity index (χ4n) is 1.49. The van der Waals surface area contributed by atoms with Crippen molar-refractivity contribution in [3.05, 3.63) is 35.1 Å². The van der Waals surface area contributed by atoms with Crippen molar-refractivity contribution in [3.8, 4) is 0 Å². The normalized spacial score (nSPS) is 10.4. The van der Waals surface area contributed by atoms with Gasteiger partial charge in [-0.2, -0.15) is 0 Å². The molecule has 0 amide bonds. The number of halogens is 1. The van der Waals surface area contributed by atoms with Crippen molar-refractivity contribution in [1.29, 1.82) is 0 Å². The van der Waals surface area contributed by atoms with E-state index in [1.807, 2.05) is 13.0 Å². The van der Waals surface area contributed by atoms with Crippen molar-refractivity contribution < 1.29 is 4.39 Å². The molecule has 0 saturated heterocycles. The van der Waals surface area contributed by atoms with Crippen LogP contribution < -0.4 is 0 Å². The van der Waals surface area contributed by atoms with E-state index in [9.17, 15) is 4.39 Å². The number of aryl methyl sites for hydroxylation is 1. The SMILES string of the molecule is CCCCCc1cccc(F)c1C. The average molecular weight is 180 g/mol. The van der Waals surface area contributed by atoms with Gasteiger partial charge in [-0.05, 0) is 37.0 Å². The Morgan fingerprint density at radius 2 is 2.00 bits per heavy atom. The minimum Gasteiger partial charge on any atom is -0.207 e. The van der Waals surface area contributed by atoms with Crippen LogP contribution in [0.4, 0.5) is 4.39 Å². The molecule has 0 spiro atoms. The average Bonchev–Trinajstić information content (AvgIpc) is 2.13. The first kappa shape index (κ1) is 10.2. The Morgan fingerprint density at radius 3 is 2.69 bits per heavy atom. The standard InChI is InChI=1S/C12H17F/c1-3-4-5-7-11-8-6-9-12(13)10(11)2/h6,8-9H,3-5,7H2,1-2H3. The third kappa shape index (κ3) is 2.83. The number of hydrogen-bond acceptors (Lipinski definition) is 0. The summed E-state index contributed by atoms with van der Waals surface area (Å²) in [5, 5.41) is 0. The highest BCUT2D eigenvalue weighted by Gasteiger charge is 2.01. The molecule has 0 saturated carbocycles. The molecule has 0 aromatic heterocycles. The lowest BCUT2D eigenvalue weighted by molar-refractivity contribution is 0.612. The van der Waals surface area contributed by atoms with Crippen LogP contribution in [0.2, 0.25) is 0 Å². The summed E-state index contributed by atoms with van der Waals surface area (Å²) in [6.45, 7) is 4.04. The zero-order valence-corrected chi connectivity index (χ0v) is 8.44. The molecule has 0 N–H and O–H groups in total. The molecule has 72 valence electrons. The first-order chi connectivity index (χ1) is 6.25. The summed E-state index contributed by atoms with van der Waals surface area (Å²) >= 11 is 0. The van der Waals surface area contributed by atoms with E-state index in [4.69, 9.17) is 0 Å². The Kier molecular flexibility index (Phi) is 3.94. The Balaban J connectivity index is 2.61. The van der Waals surface area contributed by atoms with Gasteiger partial charge in [-0.1, -0.05) is 31.9 Å². The predicted molar refractivity (Wildman–Crippen MR) is 54.4 cm³/mol. The van der Waals surface area contributed by atoms with Crippen molar-refractivity contribution in [2.45, 2.75) is 39.5 Å². The fraction of sp³-hybridized carbons (Fsp3) is 0.500. The molecule has 0 nitrogen and oxygen atoms in total. The molecule has 13 heavy (non-hydrogen) atoms. The molecular weight excluding hydrogens is 163 g/mol. The van der Waals surface area contributed by atoms with Crippen LogP contribution in [0.1, 0.15) is 37.3 Å². The molecule has 0 fully saturated rings. The van der Waals surface area contributed by atoms with Crippen LogP contribution in [-0.2, 0) is 6.42 Å². The highest BCUT2D eigenvalue weighted by atomic mass is 19.1.